The molecule has 0 saturated carbocycles. The summed E-state index contributed by atoms with van der Waals surface area (Å²) in [5, 5.41) is 10.0. The molecule has 0 aromatic heterocycles. The van der Waals surface area contributed by atoms with Crippen LogP contribution in [0.5, 0.6) is 11.5 Å². The minimum absolute atomic E-state index is 0.0518. The molecule has 1 atom stereocenters. The topological polar surface area (TPSA) is 76.1 Å². The molecule has 6 nitrogen and oxygen atoms in total. The molecule has 0 spiro atoms. The molecule has 0 bridgehead atoms. The van der Waals surface area contributed by atoms with E-state index in [0.717, 1.165) is 11.1 Å². The van der Waals surface area contributed by atoms with Crippen molar-refractivity contribution in [2.45, 2.75) is 31.8 Å². The number of carbonyl (C=O) groups excluding carboxylic acids is 1. The Morgan fingerprint density at radius 2 is 1.89 bits per heavy atom. The number of carboxylic acids is 1. The summed E-state index contributed by atoms with van der Waals surface area (Å²) in [6, 6.07) is 17.1. The first-order valence-electron chi connectivity index (χ1n) is 11.6. The van der Waals surface area contributed by atoms with Crippen LogP contribution < -0.4 is 9.47 Å². The maximum absolute atomic E-state index is 14.1. The number of hydrogen-bond donors (Lipinski definition) is 1. The number of halogens is 2. The maximum Gasteiger partial charge on any atom is 0.323 e. The van der Waals surface area contributed by atoms with E-state index in [-0.39, 0.29) is 13.0 Å². The fraction of sp³-hybridized carbons (Fsp3) is 0.286. The van der Waals surface area contributed by atoms with Crippen molar-refractivity contribution in [1.82, 2.24) is 4.90 Å². The van der Waals surface area contributed by atoms with Gasteiger partial charge in [0.2, 0.25) is 0 Å². The van der Waals surface area contributed by atoms with Gasteiger partial charge >= 0.3 is 5.97 Å². The number of aliphatic carboxylic acids is 1. The summed E-state index contributed by atoms with van der Waals surface area (Å²) in [5.41, 5.74) is 2.01. The van der Waals surface area contributed by atoms with Crippen LogP contribution in [0.2, 0.25) is 5.02 Å². The third kappa shape index (κ3) is 5.79. The second-order valence-electron chi connectivity index (χ2n) is 9.16. The summed E-state index contributed by atoms with van der Waals surface area (Å²) in [4.78, 5) is 26.1. The van der Waals surface area contributed by atoms with Crippen molar-refractivity contribution >= 4 is 23.5 Å². The largest absolute Gasteiger partial charge is 0.493 e. The summed E-state index contributed by atoms with van der Waals surface area (Å²) in [7, 11) is 1.50. The van der Waals surface area contributed by atoms with Gasteiger partial charge in [0.1, 0.15) is 18.0 Å². The van der Waals surface area contributed by atoms with Crippen LogP contribution in [-0.2, 0) is 24.1 Å². The molecule has 4 rings (SSSR count). The molecule has 1 heterocycles. The first-order chi connectivity index (χ1) is 17.2. The summed E-state index contributed by atoms with van der Waals surface area (Å²) in [6.07, 6.45) is 1.35. The van der Waals surface area contributed by atoms with Gasteiger partial charge in [0.05, 0.1) is 7.11 Å². The summed E-state index contributed by atoms with van der Waals surface area (Å²) >= 11 is 6.01. The van der Waals surface area contributed by atoms with Crippen molar-refractivity contribution in [3.8, 4) is 11.5 Å². The lowest BCUT2D eigenvalue weighted by molar-refractivity contribution is -0.137. The van der Waals surface area contributed by atoms with Gasteiger partial charge in [-0.3, -0.25) is 9.59 Å². The predicted octanol–water partition coefficient (Wildman–Crippen LogP) is 5.19. The maximum atomic E-state index is 14.1. The molecule has 0 radical (unpaired) electrons. The van der Waals surface area contributed by atoms with Gasteiger partial charge < -0.3 is 19.5 Å². The fourth-order valence-corrected chi connectivity index (χ4v) is 4.68. The monoisotopic (exact) mass is 511 g/mol. The van der Waals surface area contributed by atoms with E-state index in [9.17, 15) is 19.1 Å². The highest BCUT2D eigenvalue weighted by molar-refractivity contribution is 6.30. The Balaban J connectivity index is 1.57. The Morgan fingerprint density at radius 1 is 1.17 bits per heavy atom. The molecule has 0 aliphatic carbocycles. The molecular weight excluding hydrogens is 485 g/mol. The van der Waals surface area contributed by atoms with Crippen molar-refractivity contribution < 1.29 is 28.6 Å². The zero-order chi connectivity index (χ0) is 25.9. The van der Waals surface area contributed by atoms with E-state index in [1.165, 1.54) is 18.1 Å². The van der Waals surface area contributed by atoms with Crippen LogP contribution in [0.4, 0.5) is 4.39 Å². The molecule has 1 aliphatic heterocycles. The van der Waals surface area contributed by atoms with Gasteiger partial charge in [0.15, 0.2) is 11.5 Å². The zero-order valence-corrected chi connectivity index (χ0v) is 20.8. The fourth-order valence-electron chi connectivity index (χ4n) is 4.55. The summed E-state index contributed by atoms with van der Waals surface area (Å²) < 4.78 is 25.9. The van der Waals surface area contributed by atoms with Gasteiger partial charge in [-0.2, -0.15) is 0 Å². The van der Waals surface area contributed by atoms with Crippen molar-refractivity contribution in [3.63, 3.8) is 0 Å². The number of amides is 1. The number of ether oxygens (including phenoxy) is 2. The molecule has 3 aromatic rings. The number of rotatable bonds is 9. The van der Waals surface area contributed by atoms with E-state index in [2.05, 4.69) is 0 Å². The normalized spacial score (nSPS) is 16.2. The van der Waals surface area contributed by atoms with Crippen molar-refractivity contribution in [2.24, 2.45) is 0 Å². The van der Waals surface area contributed by atoms with Crippen LogP contribution in [-0.4, -0.2) is 47.7 Å². The second kappa shape index (κ2) is 10.6. The molecule has 3 aromatic carbocycles. The van der Waals surface area contributed by atoms with E-state index in [1.54, 1.807) is 30.3 Å². The molecule has 1 N–H and O–H groups in total. The molecule has 0 fully saturated rings. The second-order valence-corrected chi connectivity index (χ2v) is 9.60. The van der Waals surface area contributed by atoms with Gasteiger partial charge in [0.25, 0.3) is 5.91 Å². The molecule has 0 unspecified atom stereocenters. The van der Waals surface area contributed by atoms with Gasteiger partial charge in [0, 0.05) is 35.5 Å². The number of fused-ring (bicyclic) bond motifs is 1. The van der Waals surface area contributed by atoms with E-state index in [1.807, 2.05) is 31.2 Å². The molecule has 188 valence electrons. The zero-order valence-electron chi connectivity index (χ0n) is 20.1. The number of nitrogens with zero attached hydrogens (tertiary/aromatic N) is 1. The van der Waals surface area contributed by atoms with Crippen LogP contribution in [0.3, 0.4) is 0 Å². The number of hydrogen-bond acceptors (Lipinski definition) is 4. The van der Waals surface area contributed by atoms with Gasteiger partial charge in [-0.25, -0.2) is 4.39 Å². The van der Waals surface area contributed by atoms with Gasteiger partial charge in [-0.15, -0.1) is 0 Å². The van der Waals surface area contributed by atoms with Crippen LogP contribution in [0.25, 0.3) is 0 Å². The Labute approximate surface area is 214 Å². The molecule has 1 aliphatic rings. The number of carboxylic acid groups (broad SMARTS) is 1. The molecule has 0 saturated heterocycles. The third-order valence-corrected chi connectivity index (χ3v) is 6.48. The Bertz CT molecular complexity index is 1280. The van der Waals surface area contributed by atoms with E-state index in [0.29, 0.717) is 40.5 Å². The first kappa shape index (κ1) is 25.5. The summed E-state index contributed by atoms with van der Waals surface area (Å²) in [5.74, 6) is -1.04. The number of carbonyl (C=O) groups is 2. The molecular formula is C28H27ClFNO5. The predicted molar refractivity (Wildman–Crippen MR) is 135 cm³/mol. The van der Waals surface area contributed by atoms with E-state index < -0.39 is 29.8 Å². The Hall–Kier alpha value is -3.58. The Morgan fingerprint density at radius 3 is 2.56 bits per heavy atom. The van der Waals surface area contributed by atoms with E-state index in [4.69, 9.17) is 21.1 Å². The van der Waals surface area contributed by atoms with Crippen molar-refractivity contribution in [2.75, 3.05) is 20.2 Å². The third-order valence-electron chi connectivity index (χ3n) is 6.23. The highest BCUT2D eigenvalue weighted by Gasteiger charge is 2.38. The lowest BCUT2D eigenvalue weighted by Crippen LogP contribution is -2.37. The minimum Gasteiger partial charge on any atom is -0.493 e. The number of methoxy groups -OCH3 is 1. The Kier molecular flexibility index (Phi) is 7.50. The average molecular weight is 512 g/mol. The molecule has 1 amide bonds. The lowest BCUT2D eigenvalue weighted by Gasteiger charge is -2.24. The molecule has 36 heavy (non-hydrogen) atoms. The standard InChI is InChI=1S/C28H27ClFNO5/c1-28(15-18-7-9-22(29)10-8-18)16-21-13-20(14-24(35-2)26(21)36-28)27(34)31(17-25(32)33)12-11-19-5-3-4-6-23(19)30/h3-10,13-14H,11-12,15-17H2,1-2H3,(H,32,33)/t28-/m0/s1. The average Bonchev–Trinajstić information content (AvgIpc) is 3.18. The summed E-state index contributed by atoms with van der Waals surface area (Å²) in [6.45, 7) is 1.54. The van der Waals surface area contributed by atoms with Crippen LogP contribution >= 0.6 is 11.6 Å². The molecule has 8 heteroatoms. The smallest absolute Gasteiger partial charge is 0.323 e. The van der Waals surface area contributed by atoms with Crippen molar-refractivity contribution in [3.05, 3.63) is 93.8 Å². The van der Waals surface area contributed by atoms with E-state index >= 15 is 0 Å². The lowest BCUT2D eigenvalue weighted by atomic mass is 9.91. The highest BCUT2D eigenvalue weighted by atomic mass is 35.5. The van der Waals surface area contributed by atoms with Crippen LogP contribution in [0.15, 0.2) is 60.7 Å². The highest BCUT2D eigenvalue weighted by Crippen LogP contribution is 2.44. The van der Waals surface area contributed by atoms with Crippen LogP contribution in [0.1, 0.15) is 34.0 Å². The first-order valence-corrected chi connectivity index (χ1v) is 11.9. The quantitative estimate of drug-likeness (QED) is 0.427. The van der Waals surface area contributed by atoms with Crippen molar-refractivity contribution in [1.29, 1.82) is 0 Å². The number of benzene rings is 3. The minimum atomic E-state index is -1.15. The SMILES string of the molecule is COc1cc(C(=O)N(CCc2ccccc2F)CC(=O)O)cc2c1O[C@@](C)(Cc1ccc(Cl)cc1)C2. The van der Waals surface area contributed by atoms with Gasteiger partial charge in [-0.1, -0.05) is 41.9 Å². The van der Waals surface area contributed by atoms with Gasteiger partial charge in [-0.05, 0) is 54.8 Å². The van der Waals surface area contributed by atoms with Crippen LogP contribution in [0, 0.1) is 5.82 Å².